The lowest BCUT2D eigenvalue weighted by atomic mass is 9.97. The zero-order valence-electron chi connectivity index (χ0n) is 18.5. The fraction of sp³-hybridized carbons (Fsp3) is 0.458. The highest BCUT2D eigenvalue weighted by Gasteiger charge is 2.30. The summed E-state index contributed by atoms with van der Waals surface area (Å²) in [7, 11) is 3.51. The first-order chi connectivity index (χ1) is 15.1. The number of oxazole rings is 1. The number of para-hydroxylation sites is 1. The number of methoxy groups -OCH3 is 1. The van der Waals surface area contributed by atoms with Gasteiger partial charge in [-0.05, 0) is 31.4 Å². The molecular formula is C24H30N4O3. The van der Waals surface area contributed by atoms with E-state index in [1.165, 1.54) is 0 Å². The van der Waals surface area contributed by atoms with E-state index in [0.29, 0.717) is 24.6 Å². The van der Waals surface area contributed by atoms with Crippen LogP contribution in [0.1, 0.15) is 65.5 Å². The number of carbonyl (C=O) groups is 1. The number of carbonyl (C=O) groups excluding carboxylic acids is 1. The van der Waals surface area contributed by atoms with Crippen LogP contribution in [0.4, 0.5) is 0 Å². The molecule has 1 aliphatic heterocycles. The second-order valence-corrected chi connectivity index (χ2v) is 8.14. The summed E-state index contributed by atoms with van der Waals surface area (Å²) in [6.45, 7) is 3.48. The molecule has 1 atom stereocenters. The predicted octanol–water partition coefficient (Wildman–Crippen LogP) is 3.98. The molecule has 2 aromatic heterocycles. The molecule has 1 fully saturated rings. The summed E-state index contributed by atoms with van der Waals surface area (Å²) in [6.07, 6.45) is 6.21. The molecule has 0 N–H and O–H groups in total. The molecule has 0 aliphatic carbocycles. The van der Waals surface area contributed by atoms with Crippen LogP contribution in [0.3, 0.4) is 0 Å². The van der Waals surface area contributed by atoms with Crippen molar-refractivity contribution in [3.05, 3.63) is 65.1 Å². The van der Waals surface area contributed by atoms with Crippen LogP contribution in [0.5, 0.6) is 5.75 Å². The lowest BCUT2D eigenvalue weighted by Crippen LogP contribution is -2.40. The number of rotatable bonds is 7. The topological polar surface area (TPSA) is 73.4 Å². The second-order valence-electron chi connectivity index (χ2n) is 8.14. The molecule has 0 saturated carbocycles. The van der Waals surface area contributed by atoms with Gasteiger partial charge in [0.25, 0.3) is 5.91 Å². The normalized spacial score (nSPS) is 16.5. The van der Waals surface area contributed by atoms with E-state index in [2.05, 4.69) is 17.0 Å². The minimum Gasteiger partial charge on any atom is -0.496 e. The standard InChI is InChI=1S/C24H30N4O3/c1-4-8-19-14-21(27(2)26-19)24(29)28-12-7-10-18(16-28)23-25-15-20(31-23)13-17-9-5-6-11-22(17)30-3/h5-6,9,11,14-15,18H,4,7-8,10,12-13,16H2,1-3H3/t18-/m0/s1. The predicted molar refractivity (Wildman–Crippen MR) is 117 cm³/mol. The van der Waals surface area contributed by atoms with Gasteiger partial charge in [-0.2, -0.15) is 5.10 Å². The fourth-order valence-corrected chi connectivity index (χ4v) is 4.26. The molecule has 1 saturated heterocycles. The van der Waals surface area contributed by atoms with E-state index in [0.717, 1.165) is 55.0 Å². The first kappa shape index (κ1) is 21.2. The molecule has 7 nitrogen and oxygen atoms in total. The molecule has 1 amide bonds. The average molecular weight is 423 g/mol. The highest BCUT2D eigenvalue weighted by atomic mass is 16.5. The minimum absolute atomic E-state index is 0.0304. The molecule has 7 heteroatoms. The van der Waals surface area contributed by atoms with Crippen LogP contribution in [0, 0.1) is 0 Å². The summed E-state index contributed by atoms with van der Waals surface area (Å²) in [5, 5.41) is 4.48. The Morgan fingerprint density at radius 1 is 1.32 bits per heavy atom. The Labute approximate surface area is 183 Å². The molecule has 1 aliphatic rings. The molecule has 3 heterocycles. The SMILES string of the molecule is CCCc1cc(C(=O)N2CCC[C@H](c3ncc(Cc4ccccc4OC)o3)C2)n(C)n1. The summed E-state index contributed by atoms with van der Waals surface area (Å²) >= 11 is 0. The van der Waals surface area contributed by atoms with Gasteiger partial charge in [0.2, 0.25) is 0 Å². The first-order valence-corrected chi connectivity index (χ1v) is 11.0. The van der Waals surface area contributed by atoms with Crippen molar-refractivity contribution in [1.82, 2.24) is 19.7 Å². The molecule has 0 unspecified atom stereocenters. The maximum atomic E-state index is 13.1. The summed E-state index contributed by atoms with van der Waals surface area (Å²) in [5.41, 5.74) is 2.68. The maximum Gasteiger partial charge on any atom is 0.272 e. The third kappa shape index (κ3) is 4.65. The second kappa shape index (κ2) is 9.37. The summed E-state index contributed by atoms with van der Waals surface area (Å²) < 4.78 is 13.2. The number of hydrogen-bond donors (Lipinski definition) is 0. The largest absolute Gasteiger partial charge is 0.496 e. The number of benzene rings is 1. The Morgan fingerprint density at radius 2 is 2.16 bits per heavy atom. The summed E-state index contributed by atoms with van der Waals surface area (Å²) in [4.78, 5) is 19.6. The monoisotopic (exact) mass is 422 g/mol. The molecular weight excluding hydrogens is 392 g/mol. The third-order valence-corrected chi connectivity index (χ3v) is 5.84. The lowest BCUT2D eigenvalue weighted by molar-refractivity contribution is 0.0686. The van der Waals surface area contributed by atoms with E-state index in [1.807, 2.05) is 42.3 Å². The van der Waals surface area contributed by atoms with E-state index in [4.69, 9.17) is 9.15 Å². The molecule has 0 radical (unpaired) electrons. The van der Waals surface area contributed by atoms with Gasteiger partial charge in [-0.25, -0.2) is 4.98 Å². The highest BCUT2D eigenvalue weighted by molar-refractivity contribution is 5.92. The Balaban J connectivity index is 1.45. The van der Waals surface area contributed by atoms with E-state index < -0.39 is 0 Å². The van der Waals surface area contributed by atoms with Crippen molar-refractivity contribution in [3.63, 3.8) is 0 Å². The number of nitrogens with zero attached hydrogens (tertiary/aromatic N) is 4. The zero-order chi connectivity index (χ0) is 21.8. The fourth-order valence-electron chi connectivity index (χ4n) is 4.26. The molecule has 0 spiro atoms. The van der Waals surface area contributed by atoms with Gasteiger partial charge >= 0.3 is 0 Å². The van der Waals surface area contributed by atoms with Crippen LogP contribution < -0.4 is 4.74 Å². The van der Waals surface area contributed by atoms with Crippen molar-refractivity contribution < 1.29 is 13.9 Å². The molecule has 1 aromatic carbocycles. The quantitative estimate of drug-likeness (QED) is 0.576. The zero-order valence-corrected chi connectivity index (χ0v) is 18.5. The number of likely N-dealkylation sites (tertiary alicyclic amines) is 1. The molecule has 31 heavy (non-hydrogen) atoms. The van der Waals surface area contributed by atoms with E-state index >= 15 is 0 Å². The van der Waals surface area contributed by atoms with Crippen molar-refractivity contribution in [2.24, 2.45) is 7.05 Å². The van der Waals surface area contributed by atoms with Gasteiger partial charge in [0.15, 0.2) is 5.89 Å². The van der Waals surface area contributed by atoms with Gasteiger partial charge in [-0.1, -0.05) is 31.5 Å². The van der Waals surface area contributed by atoms with Crippen LogP contribution in [-0.4, -0.2) is 45.8 Å². The molecule has 0 bridgehead atoms. The number of aromatic nitrogens is 3. The van der Waals surface area contributed by atoms with Gasteiger partial charge in [0.05, 0.1) is 24.9 Å². The minimum atomic E-state index is 0.0304. The molecule has 3 aromatic rings. The van der Waals surface area contributed by atoms with Crippen molar-refractivity contribution >= 4 is 5.91 Å². The number of hydrogen-bond acceptors (Lipinski definition) is 5. The lowest BCUT2D eigenvalue weighted by Gasteiger charge is -2.31. The van der Waals surface area contributed by atoms with E-state index in [-0.39, 0.29) is 11.8 Å². The number of aryl methyl sites for hydroxylation is 2. The van der Waals surface area contributed by atoms with Gasteiger partial charge in [-0.15, -0.1) is 0 Å². The van der Waals surface area contributed by atoms with Crippen LogP contribution in [0.2, 0.25) is 0 Å². The molecule has 4 rings (SSSR count). The van der Waals surface area contributed by atoms with Crippen molar-refractivity contribution in [2.45, 2.75) is 44.9 Å². The third-order valence-electron chi connectivity index (χ3n) is 5.84. The van der Waals surface area contributed by atoms with Crippen molar-refractivity contribution in [3.8, 4) is 5.75 Å². The maximum absolute atomic E-state index is 13.1. The van der Waals surface area contributed by atoms with Gasteiger partial charge in [0, 0.05) is 32.1 Å². The Kier molecular flexibility index (Phi) is 6.39. The van der Waals surface area contributed by atoms with Gasteiger partial charge < -0.3 is 14.1 Å². The Hall–Kier alpha value is -3.09. The van der Waals surface area contributed by atoms with E-state index in [9.17, 15) is 4.79 Å². The molecule has 164 valence electrons. The summed E-state index contributed by atoms with van der Waals surface area (Å²) in [5.74, 6) is 2.49. The smallest absolute Gasteiger partial charge is 0.272 e. The number of piperidine rings is 1. The van der Waals surface area contributed by atoms with Gasteiger partial charge in [0.1, 0.15) is 17.2 Å². The number of ether oxygens (including phenoxy) is 1. The van der Waals surface area contributed by atoms with Crippen LogP contribution in [0.25, 0.3) is 0 Å². The highest BCUT2D eigenvalue weighted by Crippen LogP contribution is 2.29. The van der Waals surface area contributed by atoms with E-state index in [1.54, 1.807) is 18.0 Å². The first-order valence-electron chi connectivity index (χ1n) is 11.0. The van der Waals surface area contributed by atoms with Crippen molar-refractivity contribution in [1.29, 1.82) is 0 Å². The van der Waals surface area contributed by atoms with Crippen LogP contribution >= 0.6 is 0 Å². The van der Waals surface area contributed by atoms with Gasteiger partial charge in [-0.3, -0.25) is 9.48 Å². The van der Waals surface area contributed by atoms with Crippen molar-refractivity contribution in [2.75, 3.05) is 20.2 Å². The Morgan fingerprint density at radius 3 is 2.97 bits per heavy atom. The summed E-state index contributed by atoms with van der Waals surface area (Å²) in [6, 6.07) is 9.84. The average Bonchev–Trinajstić information content (AvgIpc) is 3.40. The number of amides is 1. The van der Waals surface area contributed by atoms with Crippen LogP contribution in [0.15, 0.2) is 40.9 Å². The Bertz CT molecular complexity index is 1040. The van der Waals surface area contributed by atoms with Crippen LogP contribution in [-0.2, 0) is 19.9 Å².